The normalized spacial score (nSPS) is 12.8. The van der Waals surface area contributed by atoms with Gasteiger partial charge in [-0.25, -0.2) is 4.79 Å². The van der Waals surface area contributed by atoms with Gasteiger partial charge in [-0.1, -0.05) is 233 Å². The average Bonchev–Trinajstić information content (AvgIpc) is 3.03. The van der Waals surface area contributed by atoms with Crippen LogP contribution in [0.1, 0.15) is 240 Å². The molecule has 0 aliphatic heterocycles. The zero-order valence-corrected chi connectivity index (χ0v) is 31.7. The fraction of sp³-hybridized carbons (Fsp3) is 0.930. The molecule has 0 fully saturated rings. The molecule has 0 aromatic rings. The van der Waals surface area contributed by atoms with E-state index in [9.17, 15) is 4.79 Å². The Morgan fingerprint density at radius 3 is 1.02 bits per heavy atom. The van der Waals surface area contributed by atoms with Crippen LogP contribution >= 0.6 is 0 Å². The van der Waals surface area contributed by atoms with Gasteiger partial charge in [-0.2, -0.15) is 0 Å². The Morgan fingerprint density at radius 2 is 0.733 bits per heavy atom. The van der Waals surface area contributed by atoms with Crippen molar-refractivity contribution in [2.75, 3.05) is 6.61 Å². The number of unbranched alkanes of at least 4 members (excludes halogenated alkanes) is 29. The SMILES string of the molecule is C=C(C)C(=O)OCC(CCCCCCCCCCCCCCCCCC)C(C)CCCCCCCCCCCCCCCCC. The van der Waals surface area contributed by atoms with E-state index in [2.05, 4.69) is 27.4 Å². The van der Waals surface area contributed by atoms with Crippen LogP contribution in [0, 0.1) is 11.8 Å². The lowest BCUT2D eigenvalue weighted by Gasteiger charge is -2.24. The smallest absolute Gasteiger partial charge is 0.333 e. The van der Waals surface area contributed by atoms with Crippen LogP contribution < -0.4 is 0 Å². The van der Waals surface area contributed by atoms with Crippen LogP contribution in [0.25, 0.3) is 0 Å². The lowest BCUT2D eigenvalue weighted by atomic mass is 9.85. The molecule has 0 spiro atoms. The molecule has 45 heavy (non-hydrogen) atoms. The van der Waals surface area contributed by atoms with Crippen molar-refractivity contribution in [1.82, 2.24) is 0 Å². The second kappa shape index (κ2) is 36.1. The van der Waals surface area contributed by atoms with Crippen LogP contribution in [-0.2, 0) is 9.53 Å². The topological polar surface area (TPSA) is 26.3 Å². The molecule has 2 heteroatoms. The van der Waals surface area contributed by atoms with Crippen molar-refractivity contribution >= 4 is 5.97 Å². The zero-order chi connectivity index (χ0) is 33.1. The Balaban J connectivity index is 3.86. The van der Waals surface area contributed by atoms with Gasteiger partial charge in [0.25, 0.3) is 0 Å². The van der Waals surface area contributed by atoms with Crippen molar-refractivity contribution in [2.24, 2.45) is 11.8 Å². The molecule has 0 radical (unpaired) electrons. The van der Waals surface area contributed by atoms with Crippen molar-refractivity contribution in [3.63, 3.8) is 0 Å². The molecule has 0 N–H and O–H groups in total. The van der Waals surface area contributed by atoms with Crippen LogP contribution in [0.2, 0.25) is 0 Å². The Kier molecular flexibility index (Phi) is 35.4. The van der Waals surface area contributed by atoms with Crippen LogP contribution in [-0.4, -0.2) is 12.6 Å². The van der Waals surface area contributed by atoms with E-state index in [1.54, 1.807) is 6.92 Å². The monoisotopic (exact) mass is 633 g/mol. The highest BCUT2D eigenvalue weighted by Gasteiger charge is 2.19. The van der Waals surface area contributed by atoms with Gasteiger partial charge in [0, 0.05) is 5.57 Å². The molecule has 0 bridgehead atoms. The second-order valence-corrected chi connectivity index (χ2v) is 14.9. The number of esters is 1. The van der Waals surface area contributed by atoms with Crippen LogP contribution in [0.15, 0.2) is 12.2 Å². The molecular weight excluding hydrogens is 548 g/mol. The Morgan fingerprint density at radius 1 is 0.467 bits per heavy atom. The summed E-state index contributed by atoms with van der Waals surface area (Å²) in [7, 11) is 0. The Bertz CT molecular complexity index is 611. The fourth-order valence-electron chi connectivity index (χ4n) is 6.87. The summed E-state index contributed by atoms with van der Waals surface area (Å²) in [5.41, 5.74) is 0.520. The first kappa shape index (κ1) is 44.2. The number of carbonyl (C=O) groups is 1. The fourth-order valence-corrected chi connectivity index (χ4v) is 6.87. The molecule has 0 aliphatic carbocycles. The van der Waals surface area contributed by atoms with Gasteiger partial charge in [-0.3, -0.25) is 0 Å². The maximum absolute atomic E-state index is 12.1. The second-order valence-electron chi connectivity index (χ2n) is 14.9. The molecule has 0 aliphatic rings. The summed E-state index contributed by atoms with van der Waals surface area (Å²) in [6.07, 6.45) is 46.2. The third-order valence-electron chi connectivity index (χ3n) is 10.3. The zero-order valence-electron chi connectivity index (χ0n) is 31.7. The molecule has 2 nitrogen and oxygen atoms in total. The first-order valence-electron chi connectivity index (χ1n) is 20.9. The van der Waals surface area contributed by atoms with Crippen LogP contribution in [0.5, 0.6) is 0 Å². The number of carbonyl (C=O) groups excluding carboxylic acids is 1. The molecule has 2 atom stereocenters. The van der Waals surface area contributed by atoms with Crippen molar-refractivity contribution in [3.05, 3.63) is 12.2 Å². The van der Waals surface area contributed by atoms with Crippen molar-refractivity contribution in [1.29, 1.82) is 0 Å². The van der Waals surface area contributed by atoms with Gasteiger partial charge >= 0.3 is 5.97 Å². The summed E-state index contributed by atoms with van der Waals surface area (Å²) in [6, 6.07) is 0. The van der Waals surface area contributed by atoms with Crippen molar-refractivity contribution < 1.29 is 9.53 Å². The third-order valence-corrected chi connectivity index (χ3v) is 10.3. The number of rotatable bonds is 37. The molecule has 0 rings (SSSR count). The molecule has 0 heterocycles. The highest BCUT2D eigenvalue weighted by molar-refractivity contribution is 5.86. The van der Waals surface area contributed by atoms with Gasteiger partial charge in [-0.15, -0.1) is 0 Å². The number of hydrogen-bond acceptors (Lipinski definition) is 2. The van der Waals surface area contributed by atoms with E-state index in [4.69, 9.17) is 4.74 Å². The van der Waals surface area contributed by atoms with Gasteiger partial charge in [0.2, 0.25) is 0 Å². The molecule has 0 aromatic carbocycles. The summed E-state index contributed by atoms with van der Waals surface area (Å²) in [4.78, 5) is 12.1. The highest BCUT2D eigenvalue weighted by atomic mass is 16.5. The number of hydrogen-bond donors (Lipinski definition) is 0. The van der Waals surface area contributed by atoms with Crippen molar-refractivity contribution in [3.8, 4) is 0 Å². The summed E-state index contributed by atoms with van der Waals surface area (Å²) in [5, 5.41) is 0. The van der Waals surface area contributed by atoms with E-state index in [1.165, 1.54) is 212 Å². The van der Waals surface area contributed by atoms with E-state index < -0.39 is 0 Å². The first-order chi connectivity index (χ1) is 22.0. The predicted octanol–water partition coefficient (Wildman–Crippen LogP) is 15.3. The number of ether oxygens (including phenoxy) is 1. The predicted molar refractivity (Wildman–Crippen MR) is 202 cm³/mol. The lowest BCUT2D eigenvalue weighted by Crippen LogP contribution is -2.21. The molecule has 2 unspecified atom stereocenters. The first-order valence-corrected chi connectivity index (χ1v) is 20.9. The van der Waals surface area contributed by atoms with E-state index in [0.29, 0.717) is 24.0 Å². The Hall–Kier alpha value is -0.790. The minimum absolute atomic E-state index is 0.217. The molecule has 0 saturated heterocycles. The van der Waals surface area contributed by atoms with E-state index in [0.717, 1.165) is 0 Å². The Labute approximate surface area is 285 Å². The minimum atomic E-state index is -0.217. The summed E-state index contributed by atoms with van der Waals surface area (Å²) in [6.45, 7) is 13.1. The van der Waals surface area contributed by atoms with E-state index >= 15 is 0 Å². The average molecular weight is 633 g/mol. The molecular formula is C43H84O2. The van der Waals surface area contributed by atoms with Crippen LogP contribution in [0.3, 0.4) is 0 Å². The van der Waals surface area contributed by atoms with Gasteiger partial charge in [-0.05, 0) is 25.2 Å². The van der Waals surface area contributed by atoms with Crippen molar-refractivity contribution in [2.45, 2.75) is 240 Å². The van der Waals surface area contributed by atoms with Crippen LogP contribution in [0.4, 0.5) is 0 Å². The highest BCUT2D eigenvalue weighted by Crippen LogP contribution is 2.26. The van der Waals surface area contributed by atoms with Gasteiger partial charge in [0.15, 0.2) is 0 Å². The maximum atomic E-state index is 12.1. The third kappa shape index (κ3) is 32.9. The van der Waals surface area contributed by atoms with Gasteiger partial charge in [0.05, 0.1) is 6.61 Å². The quantitative estimate of drug-likeness (QED) is 0.0387. The molecule has 0 aromatic heterocycles. The summed E-state index contributed by atoms with van der Waals surface area (Å²) in [5.74, 6) is 0.902. The summed E-state index contributed by atoms with van der Waals surface area (Å²) >= 11 is 0. The lowest BCUT2D eigenvalue weighted by molar-refractivity contribution is -0.140. The van der Waals surface area contributed by atoms with Gasteiger partial charge in [0.1, 0.15) is 0 Å². The van der Waals surface area contributed by atoms with E-state index in [-0.39, 0.29) is 5.97 Å². The minimum Gasteiger partial charge on any atom is -0.462 e. The molecule has 0 amide bonds. The largest absolute Gasteiger partial charge is 0.462 e. The molecule has 268 valence electrons. The standard InChI is InChI=1S/C43H84O2/c1-6-8-10-12-14-16-18-20-22-24-26-28-30-32-34-36-38-42(39-45-43(44)40(3)4)41(5)37-35-33-31-29-27-25-23-21-19-17-15-13-11-9-7-2/h41-42H,3,6-39H2,1-2,4-5H3. The van der Waals surface area contributed by atoms with Gasteiger partial charge < -0.3 is 4.74 Å². The molecule has 0 saturated carbocycles. The summed E-state index contributed by atoms with van der Waals surface area (Å²) < 4.78 is 5.66. The van der Waals surface area contributed by atoms with E-state index in [1.807, 2.05) is 0 Å². The maximum Gasteiger partial charge on any atom is 0.333 e.